The molecule has 1 rings (SSSR count). The molecule has 1 fully saturated rings. The Kier molecular flexibility index (Phi) is 3.37. The molecule has 4 nitrogen and oxygen atoms in total. The van der Waals surface area contributed by atoms with Crippen LogP contribution in [0.25, 0.3) is 0 Å². The Morgan fingerprint density at radius 2 is 2.00 bits per heavy atom. The maximum absolute atomic E-state index is 11.2. The number of amides is 1. The van der Waals surface area contributed by atoms with Crippen LogP contribution in [0.4, 0.5) is 4.79 Å². The van der Waals surface area contributed by atoms with Crippen LogP contribution in [0.3, 0.4) is 0 Å². The quantitative estimate of drug-likeness (QED) is 0.776. The minimum absolute atomic E-state index is 0.153. The van der Waals surface area contributed by atoms with Crippen LogP contribution in [0.15, 0.2) is 0 Å². The average molecular weight is 213 g/mol. The van der Waals surface area contributed by atoms with Crippen molar-refractivity contribution in [2.24, 2.45) is 11.8 Å². The lowest BCUT2D eigenvalue weighted by Crippen LogP contribution is -2.33. The van der Waals surface area contributed by atoms with E-state index in [1.54, 1.807) is 6.92 Å². The number of hydrogen-bond donors (Lipinski definition) is 1. The second-order valence-electron chi connectivity index (χ2n) is 5.10. The Morgan fingerprint density at radius 3 is 2.40 bits per heavy atom. The molecule has 0 heterocycles. The Labute approximate surface area is 90.4 Å². The monoisotopic (exact) mass is 213 g/mol. The Morgan fingerprint density at radius 1 is 1.40 bits per heavy atom. The predicted molar refractivity (Wildman–Crippen MR) is 56.5 cm³/mol. The van der Waals surface area contributed by atoms with Crippen LogP contribution in [0, 0.1) is 11.8 Å². The minimum atomic E-state index is -0.465. The lowest BCUT2D eigenvalue weighted by atomic mass is 10.2. The van der Waals surface area contributed by atoms with E-state index in [1.807, 2.05) is 20.8 Å². The number of carbonyl (C=O) groups excluding carboxylic acids is 2. The molecule has 1 saturated carbocycles. The van der Waals surface area contributed by atoms with E-state index in [0.29, 0.717) is 12.5 Å². The molecule has 4 heteroatoms. The van der Waals surface area contributed by atoms with Crippen molar-refractivity contribution in [3.8, 4) is 0 Å². The first-order valence-electron chi connectivity index (χ1n) is 5.27. The van der Waals surface area contributed by atoms with Gasteiger partial charge < -0.3 is 10.1 Å². The third kappa shape index (κ3) is 4.32. The molecule has 15 heavy (non-hydrogen) atoms. The topological polar surface area (TPSA) is 55.4 Å². The van der Waals surface area contributed by atoms with Gasteiger partial charge in [0.05, 0.1) is 0 Å². The normalized spacial score (nSPS) is 24.5. The summed E-state index contributed by atoms with van der Waals surface area (Å²) >= 11 is 0. The van der Waals surface area contributed by atoms with Gasteiger partial charge in [-0.3, -0.25) is 4.79 Å². The Bertz CT molecular complexity index is 267. The van der Waals surface area contributed by atoms with Crippen molar-refractivity contribution in [3.05, 3.63) is 0 Å². The maximum atomic E-state index is 11.2. The second kappa shape index (κ2) is 4.21. The van der Waals surface area contributed by atoms with Crippen LogP contribution in [0.2, 0.25) is 0 Å². The first-order chi connectivity index (χ1) is 6.79. The van der Waals surface area contributed by atoms with Gasteiger partial charge in [0.1, 0.15) is 11.4 Å². The highest BCUT2D eigenvalue weighted by Gasteiger charge is 2.40. The molecule has 1 aliphatic carbocycles. The molecule has 0 spiro atoms. The molecular weight excluding hydrogens is 194 g/mol. The highest BCUT2D eigenvalue weighted by Crippen LogP contribution is 2.38. The summed E-state index contributed by atoms with van der Waals surface area (Å²) in [7, 11) is 0. The third-order valence-corrected chi connectivity index (χ3v) is 2.35. The van der Waals surface area contributed by atoms with E-state index in [1.165, 1.54) is 0 Å². The molecule has 0 aromatic heterocycles. The fourth-order valence-corrected chi connectivity index (χ4v) is 1.50. The van der Waals surface area contributed by atoms with Crippen LogP contribution >= 0.6 is 0 Å². The molecule has 0 bridgehead atoms. The molecular formula is C11H19NO3. The molecule has 0 aromatic rings. The SMILES string of the molecule is CC(=O)[C@@H]1C[C@@H]1CNC(=O)OC(C)(C)C. The van der Waals surface area contributed by atoms with Crippen LogP contribution in [0.1, 0.15) is 34.1 Å². The van der Waals surface area contributed by atoms with Gasteiger partial charge in [0.25, 0.3) is 0 Å². The molecule has 1 N–H and O–H groups in total. The Hall–Kier alpha value is -1.06. The maximum Gasteiger partial charge on any atom is 0.407 e. The summed E-state index contributed by atoms with van der Waals surface area (Å²) in [6.45, 7) is 7.60. The fraction of sp³-hybridized carbons (Fsp3) is 0.818. The van der Waals surface area contributed by atoms with E-state index in [-0.39, 0.29) is 11.7 Å². The van der Waals surface area contributed by atoms with Gasteiger partial charge in [-0.25, -0.2) is 4.79 Å². The van der Waals surface area contributed by atoms with Crippen molar-refractivity contribution in [1.82, 2.24) is 5.32 Å². The van der Waals surface area contributed by atoms with Gasteiger partial charge in [0.2, 0.25) is 0 Å². The summed E-state index contributed by atoms with van der Waals surface area (Å²) in [6, 6.07) is 0. The Balaban J connectivity index is 2.17. The fourth-order valence-electron chi connectivity index (χ4n) is 1.50. The lowest BCUT2D eigenvalue weighted by molar-refractivity contribution is -0.118. The molecule has 1 aliphatic rings. The number of Topliss-reactive ketones (excluding diaryl/α,β-unsaturated/α-hetero) is 1. The number of ether oxygens (including phenoxy) is 1. The smallest absolute Gasteiger partial charge is 0.407 e. The van der Waals surface area contributed by atoms with Crippen LogP contribution in [-0.4, -0.2) is 24.0 Å². The number of rotatable bonds is 3. The summed E-state index contributed by atoms with van der Waals surface area (Å²) < 4.78 is 5.08. The van der Waals surface area contributed by atoms with E-state index in [4.69, 9.17) is 4.74 Å². The van der Waals surface area contributed by atoms with E-state index in [0.717, 1.165) is 6.42 Å². The molecule has 86 valence electrons. The highest BCUT2D eigenvalue weighted by molar-refractivity contribution is 5.81. The number of alkyl carbamates (subject to hydrolysis) is 1. The first kappa shape index (κ1) is 12.0. The summed E-state index contributed by atoms with van der Waals surface area (Å²) in [4.78, 5) is 22.2. The van der Waals surface area contributed by atoms with Crippen molar-refractivity contribution in [2.45, 2.75) is 39.7 Å². The van der Waals surface area contributed by atoms with E-state index < -0.39 is 11.7 Å². The van der Waals surface area contributed by atoms with Gasteiger partial charge in [0.15, 0.2) is 0 Å². The van der Waals surface area contributed by atoms with Crippen molar-refractivity contribution in [2.75, 3.05) is 6.54 Å². The second-order valence-corrected chi connectivity index (χ2v) is 5.10. The highest BCUT2D eigenvalue weighted by atomic mass is 16.6. The van der Waals surface area contributed by atoms with Gasteiger partial charge in [-0.15, -0.1) is 0 Å². The molecule has 0 radical (unpaired) electrons. The standard InChI is InChI=1S/C11H19NO3/c1-7(13)9-5-8(9)6-12-10(14)15-11(2,3)4/h8-9H,5-6H2,1-4H3,(H,12,14)/t8-,9+/m1/s1. The van der Waals surface area contributed by atoms with Crippen molar-refractivity contribution < 1.29 is 14.3 Å². The van der Waals surface area contributed by atoms with Crippen LogP contribution in [0.5, 0.6) is 0 Å². The number of hydrogen-bond acceptors (Lipinski definition) is 3. The summed E-state index contributed by atoms with van der Waals surface area (Å²) in [5, 5.41) is 2.67. The van der Waals surface area contributed by atoms with Gasteiger partial charge in [-0.1, -0.05) is 0 Å². The van der Waals surface area contributed by atoms with E-state index >= 15 is 0 Å². The summed E-state index contributed by atoms with van der Waals surface area (Å²) in [6.07, 6.45) is 0.488. The van der Waals surface area contributed by atoms with E-state index in [9.17, 15) is 9.59 Å². The molecule has 0 aromatic carbocycles. The van der Waals surface area contributed by atoms with E-state index in [2.05, 4.69) is 5.32 Å². The number of ketones is 1. The third-order valence-electron chi connectivity index (χ3n) is 2.35. The molecule has 0 aliphatic heterocycles. The van der Waals surface area contributed by atoms with Crippen LogP contribution < -0.4 is 5.32 Å². The van der Waals surface area contributed by atoms with Crippen molar-refractivity contribution in [1.29, 1.82) is 0 Å². The molecule has 0 unspecified atom stereocenters. The van der Waals surface area contributed by atoms with Crippen LogP contribution in [-0.2, 0) is 9.53 Å². The summed E-state index contributed by atoms with van der Waals surface area (Å²) in [5.74, 6) is 0.681. The molecule has 1 amide bonds. The largest absolute Gasteiger partial charge is 0.444 e. The number of nitrogens with one attached hydrogen (secondary N) is 1. The van der Waals surface area contributed by atoms with Gasteiger partial charge in [0, 0.05) is 12.5 Å². The minimum Gasteiger partial charge on any atom is -0.444 e. The number of carbonyl (C=O) groups is 2. The average Bonchev–Trinajstić information content (AvgIpc) is 2.75. The first-order valence-corrected chi connectivity index (χ1v) is 5.27. The van der Waals surface area contributed by atoms with Crippen molar-refractivity contribution >= 4 is 11.9 Å². The van der Waals surface area contributed by atoms with Crippen molar-refractivity contribution in [3.63, 3.8) is 0 Å². The van der Waals surface area contributed by atoms with Gasteiger partial charge >= 0.3 is 6.09 Å². The zero-order chi connectivity index (χ0) is 11.6. The van der Waals surface area contributed by atoms with Gasteiger partial charge in [-0.2, -0.15) is 0 Å². The predicted octanol–water partition coefficient (Wildman–Crippen LogP) is 1.74. The zero-order valence-corrected chi connectivity index (χ0v) is 9.79. The lowest BCUT2D eigenvalue weighted by Gasteiger charge is -2.19. The molecule has 0 saturated heterocycles. The van der Waals surface area contributed by atoms with Gasteiger partial charge in [-0.05, 0) is 40.0 Å². The molecule has 2 atom stereocenters. The zero-order valence-electron chi connectivity index (χ0n) is 9.79. The summed E-state index contributed by atoms with van der Waals surface area (Å²) in [5.41, 5.74) is -0.465.